The maximum Gasteiger partial charge on any atom is 0.463 e. The van der Waals surface area contributed by atoms with Crippen molar-refractivity contribution in [3.63, 3.8) is 0 Å². The summed E-state index contributed by atoms with van der Waals surface area (Å²) in [6.45, 7) is 1.31. The monoisotopic (exact) mass is 341 g/mol. The third-order valence-electron chi connectivity index (χ3n) is 3.04. The van der Waals surface area contributed by atoms with E-state index in [-0.39, 0.29) is 6.42 Å². The molecule has 1 rings (SSSR count). The van der Waals surface area contributed by atoms with Gasteiger partial charge in [-0.15, -0.1) is 0 Å². The second-order valence-electron chi connectivity index (χ2n) is 4.83. The number of carbonyl (C=O) groups is 1. The normalized spacial score (nSPS) is 13.4. The van der Waals surface area contributed by atoms with Crippen LogP contribution in [0.2, 0.25) is 0 Å². The van der Waals surface area contributed by atoms with Gasteiger partial charge in [-0.3, -0.25) is 4.79 Å². The van der Waals surface area contributed by atoms with E-state index >= 15 is 0 Å². The molecule has 1 aromatic rings. The Hall–Kier alpha value is -2.06. The first-order valence-corrected chi connectivity index (χ1v) is 6.49. The number of hydrogen-bond donors (Lipinski definition) is 1. The van der Waals surface area contributed by atoms with Crippen molar-refractivity contribution in [2.75, 3.05) is 14.2 Å². The summed E-state index contributed by atoms with van der Waals surface area (Å²) in [5.41, 5.74) is 0.524. The predicted octanol–water partition coefficient (Wildman–Crippen LogP) is 2.95. The number of alkyl halides is 5. The Morgan fingerprint density at radius 3 is 2.26 bits per heavy atom. The van der Waals surface area contributed by atoms with Gasteiger partial charge in [-0.05, 0) is 25.0 Å². The summed E-state index contributed by atoms with van der Waals surface area (Å²) in [7, 11) is 2.82. The highest BCUT2D eigenvalue weighted by atomic mass is 19.4. The highest BCUT2D eigenvalue weighted by molar-refractivity contribution is 5.84. The summed E-state index contributed by atoms with van der Waals surface area (Å²) in [6, 6.07) is 3.73. The van der Waals surface area contributed by atoms with Gasteiger partial charge in [-0.1, -0.05) is 6.07 Å². The molecule has 9 heteroatoms. The molecule has 1 atom stereocenters. The Morgan fingerprint density at radius 1 is 1.17 bits per heavy atom. The Morgan fingerprint density at radius 2 is 1.78 bits per heavy atom. The van der Waals surface area contributed by atoms with Crippen LogP contribution in [0, 0.1) is 0 Å². The number of methoxy groups -OCH3 is 2. The number of halogens is 5. The number of benzene rings is 1. The lowest BCUT2D eigenvalue weighted by Gasteiger charge is -2.22. The molecular formula is C14H16F5NO3. The highest BCUT2D eigenvalue weighted by Crippen LogP contribution is 2.35. The molecule has 0 saturated heterocycles. The van der Waals surface area contributed by atoms with E-state index in [0.717, 1.165) is 0 Å². The van der Waals surface area contributed by atoms with E-state index in [1.54, 1.807) is 17.4 Å². The molecule has 0 saturated carbocycles. The van der Waals surface area contributed by atoms with Crippen LogP contribution in [0.1, 0.15) is 12.5 Å². The summed E-state index contributed by atoms with van der Waals surface area (Å²) in [4.78, 5) is 11.1. The van der Waals surface area contributed by atoms with Crippen molar-refractivity contribution >= 4 is 5.91 Å². The molecule has 0 spiro atoms. The number of nitrogens with one attached hydrogen (secondary N) is 1. The van der Waals surface area contributed by atoms with Crippen molar-refractivity contribution in [1.82, 2.24) is 5.32 Å². The molecule has 0 aliphatic carbocycles. The van der Waals surface area contributed by atoms with Crippen molar-refractivity contribution in [2.24, 2.45) is 0 Å². The number of rotatable bonds is 6. The fraction of sp³-hybridized carbons (Fsp3) is 0.500. The molecular weight excluding hydrogens is 325 g/mol. The lowest BCUT2D eigenvalue weighted by molar-refractivity contribution is -0.270. The first-order valence-electron chi connectivity index (χ1n) is 6.49. The second kappa shape index (κ2) is 7.01. The van der Waals surface area contributed by atoms with Crippen molar-refractivity contribution in [1.29, 1.82) is 0 Å². The maximum absolute atomic E-state index is 12.9. The van der Waals surface area contributed by atoms with Gasteiger partial charge in [0, 0.05) is 12.1 Å². The minimum absolute atomic E-state index is 0.00679. The van der Waals surface area contributed by atoms with Crippen molar-refractivity contribution in [2.45, 2.75) is 31.5 Å². The van der Waals surface area contributed by atoms with E-state index < -0.39 is 24.0 Å². The smallest absolute Gasteiger partial charge is 0.463 e. The van der Waals surface area contributed by atoms with Gasteiger partial charge in [-0.2, -0.15) is 22.0 Å². The summed E-state index contributed by atoms with van der Waals surface area (Å²) < 4.78 is 72.2. The van der Waals surface area contributed by atoms with Crippen LogP contribution in [-0.2, 0) is 11.2 Å². The number of carbonyl (C=O) groups excluding carboxylic acids is 1. The molecule has 0 fully saturated rings. The Bertz CT molecular complexity index is 560. The van der Waals surface area contributed by atoms with Gasteiger partial charge in [0.2, 0.25) is 0 Å². The van der Waals surface area contributed by atoms with Gasteiger partial charge in [-0.25, -0.2) is 0 Å². The zero-order valence-electron chi connectivity index (χ0n) is 12.6. The molecule has 0 aliphatic rings. The third-order valence-corrected chi connectivity index (χ3v) is 3.04. The fourth-order valence-electron chi connectivity index (χ4n) is 1.84. The van der Waals surface area contributed by atoms with Crippen LogP contribution < -0.4 is 14.8 Å². The zero-order valence-corrected chi connectivity index (χ0v) is 12.6. The summed E-state index contributed by atoms with van der Waals surface area (Å²) in [5.74, 6) is -6.96. The summed E-state index contributed by atoms with van der Waals surface area (Å²) in [5, 5.41) is 1.66. The largest absolute Gasteiger partial charge is 0.497 e. The lowest BCUT2D eigenvalue weighted by atomic mass is 10.1. The van der Waals surface area contributed by atoms with Crippen LogP contribution in [0.4, 0.5) is 22.0 Å². The van der Waals surface area contributed by atoms with Gasteiger partial charge in [0.1, 0.15) is 11.5 Å². The van der Waals surface area contributed by atoms with Gasteiger partial charge in [0.15, 0.2) is 0 Å². The average Bonchev–Trinajstić information content (AvgIpc) is 2.46. The molecule has 1 amide bonds. The van der Waals surface area contributed by atoms with Gasteiger partial charge in [0.25, 0.3) is 0 Å². The minimum atomic E-state index is -5.94. The summed E-state index contributed by atoms with van der Waals surface area (Å²) in [6.07, 6.45) is -5.93. The number of ether oxygens (including phenoxy) is 2. The first kappa shape index (κ1) is 19.0. The molecule has 1 unspecified atom stereocenters. The molecule has 0 heterocycles. The SMILES string of the molecule is COc1ccc(CC(C)NC(=O)C(F)(F)C(F)(F)F)c(OC)c1. The Labute approximate surface area is 129 Å². The molecule has 0 aliphatic heterocycles. The van der Waals surface area contributed by atoms with Crippen molar-refractivity contribution in [3.05, 3.63) is 23.8 Å². The molecule has 0 bridgehead atoms. The average molecular weight is 341 g/mol. The highest BCUT2D eigenvalue weighted by Gasteiger charge is 2.63. The van der Waals surface area contributed by atoms with Crippen LogP contribution in [0.3, 0.4) is 0 Å². The van der Waals surface area contributed by atoms with Crippen molar-refractivity contribution in [3.8, 4) is 11.5 Å². The Kier molecular flexibility index (Phi) is 5.79. The topological polar surface area (TPSA) is 47.6 Å². The third kappa shape index (κ3) is 4.46. The van der Waals surface area contributed by atoms with Crippen LogP contribution in [0.25, 0.3) is 0 Å². The maximum atomic E-state index is 12.9. The second-order valence-corrected chi connectivity index (χ2v) is 4.83. The predicted molar refractivity (Wildman–Crippen MR) is 71.9 cm³/mol. The number of amides is 1. The molecule has 1 aromatic carbocycles. The van der Waals surface area contributed by atoms with E-state index in [0.29, 0.717) is 17.1 Å². The van der Waals surface area contributed by atoms with Gasteiger partial charge in [0.05, 0.1) is 14.2 Å². The van der Waals surface area contributed by atoms with Crippen LogP contribution in [0.15, 0.2) is 18.2 Å². The van der Waals surface area contributed by atoms with Gasteiger partial charge >= 0.3 is 18.0 Å². The molecule has 1 N–H and O–H groups in total. The molecule has 0 radical (unpaired) electrons. The van der Waals surface area contributed by atoms with Crippen LogP contribution >= 0.6 is 0 Å². The van der Waals surface area contributed by atoms with Crippen LogP contribution in [-0.4, -0.2) is 38.3 Å². The van der Waals surface area contributed by atoms with Gasteiger partial charge < -0.3 is 14.8 Å². The van der Waals surface area contributed by atoms with E-state index in [9.17, 15) is 26.7 Å². The van der Waals surface area contributed by atoms with Crippen molar-refractivity contribution < 1.29 is 36.2 Å². The van der Waals surface area contributed by atoms with E-state index in [1.165, 1.54) is 27.2 Å². The van der Waals surface area contributed by atoms with E-state index in [1.807, 2.05) is 0 Å². The van der Waals surface area contributed by atoms with Crippen LogP contribution in [0.5, 0.6) is 11.5 Å². The molecule has 0 aromatic heterocycles. The summed E-state index contributed by atoms with van der Waals surface area (Å²) >= 11 is 0. The molecule has 23 heavy (non-hydrogen) atoms. The standard InChI is InChI=1S/C14H16F5NO3/c1-8(20-12(21)13(15,16)14(17,18)19)6-9-4-5-10(22-2)7-11(9)23-3/h4-5,7-8H,6H2,1-3H3,(H,20,21). The quantitative estimate of drug-likeness (QED) is 0.810. The zero-order chi connectivity index (χ0) is 17.8. The minimum Gasteiger partial charge on any atom is -0.497 e. The first-order chi connectivity index (χ1) is 10.5. The van der Waals surface area contributed by atoms with E-state index in [2.05, 4.69) is 0 Å². The van der Waals surface area contributed by atoms with E-state index in [4.69, 9.17) is 9.47 Å². The lowest BCUT2D eigenvalue weighted by Crippen LogP contribution is -2.52. The number of hydrogen-bond acceptors (Lipinski definition) is 3. The Balaban J connectivity index is 2.81. The molecule has 4 nitrogen and oxygen atoms in total. The molecule has 130 valence electrons. The fourth-order valence-corrected chi connectivity index (χ4v) is 1.84.